The van der Waals surface area contributed by atoms with Crippen LogP contribution in [0.3, 0.4) is 0 Å². The van der Waals surface area contributed by atoms with Gasteiger partial charge in [-0.15, -0.1) is 23.2 Å². The van der Waals surface area contributed by atoms with E-state index >= 15 is 0 Å². The van der Waals surface area contributed by atoms with Crippen LogP contribution in [-0.2, 0) is 4.79 Å². The fourth-order valence-corrected chi connectivity index (χ4v) is 6.10. The SMILES string of the molecule is CC(=O)NC1CC(N(C2CCC(Cl)CC2)C2CCC(Cl)CC2)CCC1C. The molecule has 1 N–H and O–H groups in total. The molecule has 0 radical (unpaired) electrons. The van der Waals surface area contributed by atoms with Gasteiger partial charge in [-0.05, 0) is 76.5 Å². The summed E-state index contributed by atoms with van der Waals surface area (Å²) in [6.07, 6.45) is 13.1. The molecule has 3 saturated carbocycles. The van der Waals surface area contributed by atoms with Crippen molar-refractivity contribution >= 4 is 29.1 Å². The van der Waals surface area contributed by atoms with Gasteiger partial charge in [-0.2, -0.15) is 0 Å². The molecule has 0 saturated heterocycles. The van der Waals surface area contributed by atoms with Gasteiger partial charge in [0.05, 0.1) is 0 Å². The van der Waals surface area contributed by atoms with Crippen molar-refractivity contribution in [2.45, 2.75) is 119 Å². The number of nitrogens with one attached hydrogen (secondary N) is 1. The van der Waals surface area contributed by atoms with Crippen LogP contribution in [0.2, 0.25) is 0 Å². The van der Waals surface area contributed by atoms with E-state index in [-0.39, 0.29) is 5.91 Å². The molecule has 0 aromatic heterocycles. The first-order valence-corrected chi connectivity index (χ1v) is 11.6. The Morgan fingerprint density at radius 3 is 1.73 bits per heavy atom. The van der Waals surface area contributed by atoms with Crippen molar-refractivity contribution in [2.24, 2.45) is 5.92 Å². The summed E-state index contributed by atoms with van der Waals surface area (Å²) in [5.74, 6) is 0.688. The summed E-state index contributed by atoms with van der Waals surface area (Å²) >= 11 is 12.8. The van der Waals surface area contributed by atoms with Crippen LogP contribution in [0.15, 0.2) is 0 Å². The Balaban J connectivity index is 1.72. The molecule has 150 valence electrons. The van der Waals surface area contributed by atoms with Crippen LogP contribution in [0, 0.1) is 5.92 Å². The van der Waals surface area contributed by atoms with E-state index in [4.69, 9.17) is 23.2 Å². The molecule has 3 nitrogen and oxygen atoms in total. The number of carbonyl (C=O) groups is 1. The van der Waals surface area contributed by atoms with E-state index in [2.05, 4.69) is 17.1 Å². The summed E-state index contributed by atoms with van der Waals surface area (Å²) in [5.41, 5.74) is 0. The molecule has 3 aliphatic carbocycles. The summed E-state index contributed by atoms with van der Waals surface area (Å²) in [4.78, 5) is 14.5. The number of hydrogen-bond acceptors (Lipinski definition) is 2. The second-order valence-electron chi connectivity index (χ2n) is 9.01. The number of alkyl halides is 2. The minimum atomic E-state index is 0.111. The fourth-order valence-electron chi connectivity index (χ4n) is 5.59. The number of amides is 1. The molecule has 0 aromatic carbocycles. The smallest absolute Gasteiger partial charge is 0.217 e. The molecular weight excluding hydrogens is 367 g/mol. The quantitative estimate of drug-likeness (QED) is 0.664. The third kappa shape index (κ3) is 5.29. The molecule has 0 aromatic rings. The van der Waals surface area contributed by atoms with E-state index in [1.165, 1.54) is 38.5 Å². The molecule has 0 bridgehead atoms. The van der Waals surface area contributed by atoms with Gasteiger partial charge < -0.3 is 5.32 Å². The van der Waals surface area contributed by atoms with Gasteiger partial charge in [0.2, 0.25) is 5.91 Å². The maximum absolute atomic E-state index is 11.7. The topological polar surface area (TPSA) is 32.3 Å². The molecule has 26 heavy (non-hydrogen) atoms. The predicted octanol–water partition coefficient (Wildman–Crippen LogP) is 5.08. The molecule has 3 fully saturated rings. The standard InChI is InChI=1S/C21H36Cl2N2O/c1-14-3-8-20(13-21(14)24-15(2)26)25(18-9-4-16(22)5-10-18)19-11-6-17(23)7-12-19/h14,16-21H,3-13H2,1-2H3,(H,24,26). The third-order valence-electron chi connectivity index (χ3n) is 7.07. The van der Waals surface area contributed by atoms with Gasteiger partial charge in [0.15, 0.2) is 0 Å². The van der Waals surface area contributed by atoms with Crippen molar-refractivity contribution in [3.05, 3.63) is 0 Å². The number of halogens is 2. The highest BCUT2D eigenvalue weighted by molar-refractivity contribution is 6.20. The lowest BCUT2D eigenvalue weighted by Gasteiger charge is -2.50. The highest BCUT2D eigenvalue weighted by atomic mass is 35.5. The molecule has 0 aliphatic heterocycles. The molecule has 3 atom stereocenters. The second kappa shape index (κ2) is 9.47. The van der Waals surface area contributed by atoms with Crippen LogP contribution >= 0.6 is 23.2 Å². The normalized spacial score (nSPS) is 41.8. The lowest BCUT2D eigenvalue weighted by Crippen LogP contribution is -2.56. The number of carbonyl (C=O) groups excluding carboxylic acids is 1. The summed E-state index contributed by atoms with van der Waals surface area (Å²) in [7, 11) is 0. The Morgan fingerprint density at radius 1 is 0.808 bits per heavy atom. The molecule has 3 unspecified atom stereocenters. The first-order valence-electron chi connectivity index (χ1n) is 10.8. The van der Waals surface area contributed by atoms with Crippen LogP contribution in [0.5, 0.6) is 0 Å². The first-order chi connectivity index (χ1) is 12.4. The van der Waals surface area contributed by atoms with E-state index in [9.17, 15) is 4.79 Å². The van der Waals surface area contributed by atoms with E-state index < -0.39 is 0 Å². The summed E-state index contributed by atoms with van der Waals surface area (Å²) in [6.45, 7) is 3.94. The van der Waals surface area contributed by atoms with Gasteiger partial charge in [-0.25, -0.2) is 0 Å². The van der Waals surface area contributed by atoms with Gasteiger partial charge in [0.25, 0.3) is 0 Å². The lowest BCUT2D eigenvalue weighted by atomic mass is 9.79. The van der Waals surface area contributed by atoms with Crippen LogP contribution in [0.4, 0.5) is 0 Å². The van der Waals surface area contributed by atoms with Crippen molar-refractivity contribution in [3.63, 3.8) is 0 Å². The molecular formula is C21H36Cl2N2O. The Labute approximate surface area is 169 Å². The molecule has 0 heterocycles. The van der Waals surface area contributed by atoms with Crippen molar-refractivity contribution in [1.82, 2.24) is 10.2 Å². The van der Waals surface area contributed by atoms with Gasteiger partial charge in [0.1, 0.15) is 0 Å². The zero-order valence-electron chi connectivity index (χ0n) is 16.4. The van der Waals surface area contributed by atoms with Crippen LogP contribution in [-0.4, -0.2) is 45.7 Å². The summed E-state index contributed by atoms with van der Waals surface area (Å²) in [6, 6.07) is 2.25. The van der Waals surface area contributed by atoms with Crippen molar-refractivity contribution in [3.8, 4) is 0 Å². The van der Waals surface area contributed by atoms with Gasteiger partial charge in [-0.3, -0.25) is 9.69 Å². The number of nitrogens with zero attached hydrogens (tertiary/aromatic N) is 1. The van der Waals surface area contributed by atoms with Crippen LogP contribution < -0.4 is 5.32 Å². The maximum atomic E-state index is 11.7. The predicted molar refractivity (Wildman–Crippen MR) is 110 cm³/mol. The fraction of sp³-hybridized carbons (Fsp3) is 0.952. The number of hydrogen-bond donors (Lipinski definition) is 1. The average molecular weight is 403 g/mol. The van der Waals surface area contributed by atoms with E-state index in [1.54, 1.807) is 6.92 Å². The molecule has 3 aliphatic rings. The van der Waals surface area contributed by atoms with Crippen molar-refractivity contribution in [2.75, 3.05) is 0 Å². The van der Waals surface area contributed by atoms with Gasteiger partial charge in [0, 0.05) is 41.8 Å². The van der Waals surface area contributed by atoms with E-state index in [1.807, 2.05) is 0 Å². The van der Waals surface area contributed by atoms with E-state index in [0.717, 1.165) is 32.1 Å². The van der Waals surface area contributed by atoms with E-state index in [0.29, 0.717) is 40.8 Å². The van der Waals surface area contributed by atoms with Crippen LogP contribution in [0.25, 0.3) is 0 Å². The monoisotopic (exact) mass is 402 g/mol. The van der Waals surface area contributed by atoms with Gasteiger partial charge >= 0.3 is 0 Å². The van der Waals surface area contributed by atoms with Crippen molar-refractivity contribution in [1.29, 1.82) is 0 Å². The lowest BCUT2D eigenvalue weighted by molar-refractivity contribution is -0.120. The first kappa shape index (κ1) is 20.7. The van der Waals surface area contributed by atoms with Crippen LogP contribution in [0.1, 0.15) is 84.5 Å². The highest BCUT2D eigenvalue weighted by Crippen LogP contribution is 2.38. The Bertz CT molecular complexity index is 437. The summed E-state index contributed by atoms with van der Waals surface area (Å²) < 4.78 is 0. The second-order valence-corrected chi connectivity index (χ2v) is 10.2. The Hall–Kier alpha value is 0.01000. The average Bonchev–Trinajstić information content (AvgIpc) is 2.61. The zero-order valence-corrected chi connectivity index (χ0v) is 17.9. The Morgan fingerprint density at radius 2 is 1.27 bits per heavy atom. The molecule has 1 amide bonds. The highest BCUT2D eigenvalue weighted by Gasteiger charge is 2.39. The third-order valence-corrected chi connectivity index (χ3v) is 7.95. The molecule has 5 heteroatoms. The Kier molecular flexibility index (Phi) is 7.56. The van der Waals surface area contributed by atoms with Gasteiger partial charge in [-0.1, -0.05) is 6.92 Å². The maximum Gasteiger partial charge on any atom is 0.217 e. The van der Waals surface area contributed by atoms with Crippen molar-refractivity contribution < 1.29 is 4.79 Å². The molecule has 3 rings (SSSR count). The minimum absolute atomic E-state index is 0.111. The largest absolute Gasteiger partial charge is 0.353 e. The summed E-state index contributed by atoms with van der Waals surface area (Å²) in [5, 5.41) is 3.96. The molecule has 0 spiro atoms. The zero-order chi connectivity index (χ0) is 18.7. The minimum Gasteiger partial charge on any atom is -0.353 e. The number of rotatable bonds is 4.